The van der Waals surface area contributed by atoms with E-state index in [0.717, 1.165) is 11.3 Å². The van der Waals surface area contributed by atoms with E-state index < -0.39 is 11.6 Å². The van der Waals surface area contributed by atoms with Gasteiger partial charge in [0.15, 0.2) is 5.82 Å². The van der Waals surface area contributed by atoms with Crippen molar-refractivity contribution in [2.24, 2.45) is 0 Å². The van der Waals surface area contributed by atoms with Crippen LogP contribution in [-0.2, 0) is 6.54 Å². The molecule has 0 atom stereocenters. The molecule has 0 heterocycles. The van der Waals surface area contributed by atoms with Crippen molar-refractivity contribution in [3.8, 4) is 5.75 Å². The summed E-state index contributed by atoms with van der Waals surface area (Å²) in [5, 5.41) is 2.80. The predicted octanol–water partition coefficient (Wildman–Crippen LogP) is 4.28. The van der Waals surface area contributed by atoms with Gasteiger partial charge in [0.1, 0.15) is 17.3 Å². The molecule has 0 radical (unpaired) electrons. The van der Waals surface area contributed by atoms with Gasteiger partial charge in [-0.3, -0.25) is 0 Å². The molecular weight excluding hydrogens is 260 g/mol. The number of benzene rings is 2. The van der Waals surface area contributed by atoms with E-state index in [1.165, 1.54) is 12.1 Å². The fourth-order valence-electron chi connectivity index (χ4n) is 1.88. The first-order chi connectivity index (χ1) is 9.61. The average molecular weight is 277 g/mol. The highest BCUT2D eigenvalue weighted by atomic mass is 19.1. The third-order valence-corrected chi connectivity index (χ3v) is 2.99. The fourth-order valence-corrected chi connectivity index (χ4v) is 1.88. The highest BCUT2D eigenvalue weighted by molar-refractivity contribution is 5.49. The van der Waals surface area contributed by atoms with Crippen LogP contribution in [0.4, 0.5) is 14.5 Å². The quantitative estimate of drug-likeness (QED) is 0.880. The van der Waals surface area contributed by atoms with Gasteiger partial charge in [-0.2, -0.15) is 0 Å². The summed E-state index contributed by atoms with van der Waals surface area (Å²) in [6, 6.07) is 10.1. The van der Waals surface area contributed by atoms with E-state index in [-0.39, 0.29) is 5.69 Å². The van der Waals surface area contributed by atoms with Gasteiger partial charge >= 0.3 is 0 Å². The molecule has 0 aliphatic carbocycles. The average Bonchev–Trinajstić information content (AvgIpc) is 2.45. The lowest BCUT2D eigenvalue weighted by Crippen LogP contribution is -2.05. The van der Waals surface area contributed by atoms with Crippen molar-refractivity contribution < 1.29 is 13.5 Å². The van der Waals surface area contributed by atoms with Crippen molar-refractivity contribution in [3.63, 3.8) is 0 Å². The Morgan fingerprint density at radius 1 is 1.05 bits per heavy atom. The monoisotopic (exact) mass is 277 g/mol. The van der Waals surface area contributed by atoms with E-state index in [1.54, 1.807) is 6.92 Å². The Balaban J connectivity index is 2.07. The number of aryl methyl sites for hydroxylation is 1. The summed E-state index contributed by atoms with van der Waals surface area (Å²) in [6.45, 7) is 4.48. The lowest BCUT2D eigenvalue weighted by atomic mass is 10.1. The van der Waals surface area contributed by atoms with Crippen molar-refractivity contribution in [2.45, 2.75) is 20.4 Å². The molecule has 4 heteroatoms. The second-order valence-corrected chi connectivity index (χ2v) is 4.48. The van der Waals surface area contributed by atoms with E-state index >= 15 is 0 Å². The summed E-state index contributed by atoms with van der Waals surface area (Å²) < 4.78 is 32.7. The summed E-state index contributed by atoms with van der Waals surface area (Å²) in [7, 11) is 0. The molecule has 2 aromatic rings. The summed E-state index contributed by atoms with van der Waals surface area (Å²) in [4.78, 5) is 0. The third kappa shape index (κ3) is 3.26. The number of halogens is 2. The minimum Gasteiger partial charge on any atom is -0.494 e. The molecule has 106 valence electrons. The lowest BCUT2D eigenvalue weighted by Gasteiger charge is -2.11. The van der Waals surface area contributed by atoms with Gasteiger partial charge in [-0.25, -0.2) is 8.78 Å². The largest absolute Gasteiger partial charge is 0.494 e. The summed E-state index contributed by atoms with van der Waals surface area (Å²) in [6.07, 6.45) is 0. The van der Waals surface area contributed by atoms with E-state index in [9.17, 15) is 8.78 Å². The van der Waals surface area contributed by atoms with Crippen molar-refractivity contribution in [3.05, 3.63) is 59.2 Å². The van der Waals surface area contributed by atoms with Crippen LogP contribution in [-0.4, -0.2) is 6.61 Å². The standard InChI is InChI=1S/C16H17F2NO/c1-3-20-13-7-5-12(6-8-13)10-19-16-14(17)9-4-11(2)15(16)18/h4-9,19H,3,10H2,1-2H3. The van der Waals surface area contributed by atoms with Crippen molar-refractivity contribution in [1.29, 1.82) is 0 Å². The van der Waals surface area contributed by atoms with Gasteiger partial charge in [0, 0.05) is 6.54 Å². The van der Waals surface area contributed by atoms with Gasteiger partial charge in [0.25, 0.3) is 0 Å². The van der Waals surface area contributed by atoms with Crippen LogP contribution in [0, 0.1) is 18.6 Å². The number of hydrogen-bond acceptors (Lipinski definition) is 2. The molecule has 2 rings (SSSR count). The Morgan fingerprint density at radius 2 is 1.75 bits per heavy atom. The van der Waals surface area contributed by atoms with Crippen LogP contribution in [0.5, 0.6) is 5.75 Å². The summed E-state index contributed by atoms with van der Waals surface area (Å²) >= 11 is 0. The minimum atomic E-state index is -0.584. The van der Waals surface area contributed by atoms with Crippen molar-refractivity contribution in [2.75, 3.05) is 11.9 Å². The fraction of sp³-hybridized carbons (Fsp3) is 0.250. The van der Waals surface area contributed by atoms with Crippen molar-refractivity contribution >= 4 is 5.69 Å². The molecule has 1 N–H and O–H groups in total. The van der Waals surface area contributed by atoms with Gasteiger partial charge in [0.2, 0.25) is 0 Å². The van der Waals surface area contributed by atoms with Gasteiger partial charge in [-0.1, -0.05) is 18.2 Å². The Bertz CT molecular complexity index is 582. The van der Waals surface area contributed by atoms with Gasteiger partial charge in [-0.05, 0) is 43.2 Å². The van der Waals surface area contributed by atoms with Crippen LogP contribution >= 0.6 is 0 Å². The van der Waals surface area contributed by atoms with E-state index in [4.69, 9.17) is 4.74 Å². The number of nitrogens with one attached hydrogen (secondary N) is 1. The molecule has 20 heavy (non-hydrogen) atoms. The van der Waals surface area contributed by atoms with Gasteiger partial charge in [0.05, 0.1) is 6.61 Å². The maximum Gasteiger partial charge on any atom is 0.152 e. The Kier molecular flexibility index (Phi) is 4.56. The van der Waals surface area contributed by atoms with Crippen LogP contribution in [0.2, 0.25) is 0 Å². The summed E-state index contributed by atoms with van der Waals surface area (Å²) in [5.41, 5.74) is 1.26. The number of rotatable bonds is 5. The zero-order valence-corrected chi connectivity index (χ0v) is 11.5. The van der Waals surface area contributed by atoms with E-state index in [2.05, 4.69) is 5.32 Å². The summed E-state index contributed by atoms with van der Waals surface area (Å²) in [5.74, 6) is -0.348. The molecule has 0 fully saturated rings. The molecular formula is C16H17F2NO. The first-order valence-corrected chi connectivity index (χ1v) is 6.52. The lowest BCUT2D eigenvalue weighted by molar-refractivity contribution is 0.340. The Labute approximate surface area is 117 Å². The molecule has 0 aliphatic heterocycles. The minimum absolute atomic E-state index is 0.0844. The normalized spacial score (nSPS) is 10.4. The Hall–Kier alpha value is -2.10. The molecule has 0 spiro atoms. The zero-order chi connectivity index (χ0) is 14.5. The predicted molar refractivity (Wildman–Crippen MR) is 76.0 cm³/mol. The first kappa shape index (κ1) is 14.3. The van der Waals surface area contributed by atoms with Crippen LogP contribution in [0.1, 0.15) is 18.1 Å². The molecule has 0 saturated heterocycles. The molecule has 2 aromatic carbocycles. The van der Waals surface area contributed by atoms with Crippen LogP contribution in [0.3, 0.4) is 0 Å². The van der Waals surface area contributed by atoms with E-state index in [0.29, 0.717) is 18.7 Å². The highest BCUT2D eigenvalue weighted by Crippen LogP contribution is 2.22. The van der Waals surface area contributed by atoms with Crippen LogP contribution in [0.25, 0.3) is 0 Å². The van der Waals surface area contributed by atoms with E-state index in [1.807, 2.05) is 31.2 Å². The Morgan fingerprint density at radius 3 is 2.40 bits per heavy atom. The maximum atomic E-state index is 13.8. The second kappa shape index (κ2) is 6.37. The van der Waals surface area contributed by atoms with Crippen molar-refractivity contribution in [1.82, 2.24) is 0 Å². The topological polar surface area (TPSA) is 21.3 Å². The molecule has 0 bridgehead atoms. The van der Waals surface area contributed by atoms with Crippen LogP contribution in [0.15, 0.2) is 36.4 Å². The molecule has 0 aliphatic rings. The number of hydrogen-bond donors (Lipinski definition) is 1. The smallest absolute Gasteiger partial charge is 0.152 e. The van der Waals surface area contributed by atoms with Gasteiger partial charge < -0.3 is 10.1 Å². The molecule has 0 amide bonds. The molecule has 2 nitrogen and oxygen atoms in total. The molecule has 0 unspecified atom stereocenters. The SMILES string of the molecule is CCOc1ccc(CNc2c(F)ccc(C)c2F)cc1. The maximum absolute atomic E-state index is 13.8. The molecule has 0 aromatic heterocycles. The second-order valence-electron chi connectivity index (χ2n) is 4.48. The third-order valence-electron chi connectivity index (χ3n) is 2.99. The number of ether oxygens (including phenoxy) is 1. The number of anilines is 1. The molecule has 0 saturated carbocycles. The highest BCUT2D eigenvalue weighted by Gasteiger charge is 2.10. The van der Waals surface area contributed by atoms with Crippen LogP contribution < -0.4 is 10.1 Å². The zero-order valence-electron chi connectivity index (χ0n) is 11.5. The first-order valence-electron chi connectivity index (χ1n) is 6.52. The van der Waals surface area contributed by atoms with Gasteiger partial charge in [-0.15, -0.1) is 0 Å².